The third kappa shape index (κ3) is 4.58. The first-order chi connectivity index (χ1) is 15.8. The first kappa shape index (κ1) is 18.5. The monoisotopic (exact) mass is 430 g/mol. The number of halogens is 2. The Morgan fingerprint density at radius 2 is 1.87 bits per heavy atom. The van der Waals surface area contributed by atoms with Gasteiger partial charge in [-0.1, -0.05) is 0 Å². The van der Waals surface area contributed by atoms with Crippen LogP contribution in [-0.2, 0) is 4.74 Å². The van der Waals surface area contributed by atoms with Gasteiger partial charge < -0.3 is 15.0 Å². The lowest BCUT2D eigenvalue weighted by Gasteiger charge is -2.27. The van der Waals surface area contributed by atoms with Gasteiger partial charge in [-0.2, -0.15) is 0 Å². The summed E-state index contributed by atoms with van der Waals surface area (Å²) >= 11 is 0. The van der Waals surface area contributed by atoms with E-state index in [0.717, 1.165) is 62.5 Å². The van der Waals surface area contributed by atoms with E-state index in [1.165, 1.54) is 0 Å². The minimum absolute atomic E-state index is 0.0405. The molecule has 1 aliphatic carbocycles. The quantitative estimate of drug-likeness (QED) is 0.767. The smallest absolute Gasteiger partial charge is 0.149 e. The van der Waals surface area contributed by atoms with Gasteiger partial charge in [-0.05, 0) is 80.2 Å². The van der Waals surface area contributed by atoms with Crippen molar-refractivity contribution in [2.75, 3.05) is 38.1 Å². The van der Waals surface area contributed by atoms with Gasteiger partial charge in [-0.15, -0.1) is 10.2 Å². The maximum Gasteiger partial charge on any atom is 0.149 e. The van der Waals surface area contributed by atoms with Gasteiger partial charge in [0.05, 0.1) is 5.69 Å². The molecular weight excluding hydrogens is 398 g/mol. The van der Waals surface area contributed by atoms with Crippen LogP contribution in [0.5, 0.6) is 0 Å². The minimum atomic E-state index is -1.28. The van der Waals surface area contributed by atoms with Crippen LogP contribution in [-0.4, -0.2) is 53.9 Å². The normalized spacial score (nSPS) is 28.3. The van der Waals surface area contributed by atoms with E-state index in [1.54, 1.807) is 0 Å². The molecular formula is C24H30F2N4O. The molecule has 1 aromatic carbocycles. The summed E-state index contributed by atoms with van der Waals surface area (Å²) in [6, 6.07) is 5.41. The van der Waals surface area contributed by atoms with Crippen molar-refractivity contribution in [1.29, 1.82) is 0 Å². The van der Waals surface area contributed by atoms with Gasteiger partial charge in [0.15, 0.2) is 0 Å². The van der Waals surface area contributed by atoms with E-state index >= 15 is 0 Å². The Labute approximate surface area is 185 Å². The number of rotatable bonds is 5. The Hall–Kier alpha value is -2.12. The van der Waals surface area contributed by atoms with E-state index in [2.05, 4.69) is 20.4 Å². The number of likely N-dealkylation sites (tertiary alicyclic amines) is 1. The molecule has 0 amide bonds. The Kier molecular flexibility index (Phi) is 5.23. The van der Waals surface area contributed by atoms with Crippen molar-refractivity contribution in [1.82, 2.24) is 15.1 Å². The van der Waals surface area contributed by atoms with E-state index in [9.17, 15) is 8.78 Å². The molecule has 3 heterocycles. The second kappa shape index (κ2) is 8.79. The summed E-state index contributed by atoms with van der Waals surface area (Å²) in [7, 11) is 0. The average Bonchev–Trinajstić information content (AvgIpc) is 3.36. The van der Waals surface area contributed by atoms with Gasteiger partial charge in [0.25, 0.3) is 0 Å². The molecule has 31 heavy (non-hydrogen) atoms. The molecule has 7 heteroatoms. The number of ether oxygens (including phenoxy) is 1. The van der Waals surface area contributed by atoms with Gasteiger partial charge in [-0.3, -0.25) is 0 Å². The van der Waals surface area contributed by atoms with E-state index in [0.29, 0.717) is 36.6 Å². The van der Waals surface area contributed by atoms with E-state index in [1.807, 2.05) is 13.0 Å². The van der Waals surface area contributed by atoms with E-state index in [4.69, 9.17) is 7.48 Å². The summed E-state index contributed by atoms with van der Waals surface area (Å²) in [5, 5.41) is 11.9. The number of aryl methyl sites for hydroxylation is 1. The maximum atomic E-state index is 14.1. The van der Waals surface area contributed by atoms with Crippen LogP contribution >= 0.6 is 0 Å². The van der Waals surface area contributed by atoms with Gasteiger partial charge in [-0.25, -0.2) is 8.78 Å². The fraction of sp³-hybridized carbons (Fsp3) is 0.583. The third-order valence-corrected chi connectivity index (χ3v) is 6.86. The van der Waals surface area contributed by atoms with E-state index < -0.39 is 18.1 Å². The zero-order valence-corrected chi connectivity index (χ0v) is 17.8. The van der Waals surface area contributed by atoms with Crippen molar-refractivity contribution in [3.63, 3.8) is 0 Å². The molecule has 5 nitrogen and oxygen atoms in total. The predicted molar refractivity (Wildman–Crippen MR) is 116 cm³/mol. The minimum Gasteiger partial charge on any atom is -0.381 e. The van der Waals surface area contributed by atoms with Crippen LogP contribution in [0.25, 0.3) is 11.3 Å². The molecule has 2 saturated heterocycles. The Morgan fingerprint density at radius 3 is 2.58 bits per heavy atom. The lowest BCUT2D eigenvalue weighted by molar-refractivity contribution is 0.0545. The molecule has 1 unspecified atom stereocenters. The first-order valence-electron chi connectivity index (χ1n) is 12.2. The van der Waals surface area contributed by atoms with Crippen LogP contribution < -0.4 is 5.32 Å². The zero-order valence-electron chi connectivity index (χ0n) is 19.8. The van der Waals surface area contributed by atoms with Crippen molar-refractivity contribution in [3.8, 4) is 11.3 Å². The third-order valence-electron chi connectivity index (χ3n) is 6.86. The molecule has 5 rings (SSSR count). The van der Waals surface area contributed by atoms with Crippen molar-refractivity contribution in [2.24, 2.45) is 17.8 Å². The summed E-state index contributed by atoms with van der Waals surface area (Å²) in [4.78, 5) is 2.06. The van der Waals surface area contributed by atoms with Crippen LogP contribution in [0, 0.1) is 36.3 Å². The largest absolute Gasteiger partial charge is 0.381 e. The standard InChI is InChI=1S/C24H30F2N4O/c1-15-8-23(28-29-24(15)21-11-19(25)2-3-22(21)26)27-20-9-17-13-30(14-18(17)10-20)12-16-4-6-31-7-5-16/h2-3,8,11,16-18,20H,4-7,9-10,12-14H2,1H3,(H,27,28)/t17-,18+,20?/i12D2. The summed E-state index contributed by atoms with van der Waals surface area (Å²) < 4.78 is 50.6. The highest BCUT2D eigenvalue weighted by Crippen LogP contribution is 2.40. The highest BCUT2D eigenvalue weighted by atomic mass is 19.1. The van der Waals surface area contributed by atoms with Crippen molar-refractivity contribution in [3.05, 3.63) is 41.5 Å². The fourth-order valence-corrected chi connectivity index (χ4v) is 5.32. The SMILES string of the molecule is [2H]C([2H])(C1CCOCC1)N1C[C@H]2CC(Nc3cc(C)c(-c4cc(F)ccc4F)nn3)C[C@H]2C1. The van der Waals surface area contributed by atoms with Crippen molar-refractivity contribution < 1.29 is 16.3 Å². The predicted octanol–water partition coefficient (Wildman–Crippen LogP) is 4.28. The zero-order chi connectivity index (χ0) is 23.2. The summed E-state index contributed by atoms with van der Waals surface area (Å²) in [6.07, 6.45) is 3.51. The number of fused-ring (bicyclic) bond motifs is 1. The molecule has 0 radical (unpaired) electrons. The number of nitrogens with one attached hydrogen (secondary N) is 1. The van der Waals surface area contributed by atoms with Crippen LogP contribution in [0.2, 0.25) is 0 Å². The number of hydrogen-bond acceptors (Lipinski definition) is 5. The van der Waals surface area contributed by atoms with Crippen molar-refractivity contribution >= 4 is 5.82 Å². The molecule has 1 N–H and O–H groups in total. The molecule has 0 bridgehead atoms. The van der Waals surface area contributed by atoms with Gasteiger partial charge >= 0.3 is 0 Å². The molecule has 3 atom stereocenters. The Morgan fingerprint density at radius 1 is 1.13 bits per heavy atom. The van der Waals surface area contributed by atoms with Crippen LogP contribution in [0.1, 0.15) is 34.0 Å². The number of benzene rings is 1. The number of aromatic nitrogens is 2. The van der Waals surface area contributed by atoms with Crippen LogP contribution in [0.15, 0.2) is 24.3 Å². The molecule has 1 aromatic heterocycles. The first-order valence-corrected chi connectivity index (χ1v) is 11.2. The fourth-order valence-electron chi connectivity index (χ4n) is 5.32. The number of anilines is 1. The number of hydrogen-bond donors (Lipinski definition) is 1. The molecule has 2 aromatic rings. The molecule has 2 aliphatic heterocycles. The summed E-state index contributed by atoms with van der Waals surface area (Å²) in [6.45, 7) is 3.43. The Balaban J connectivity index is 1.21. The van der Waals surface area contributed by atoms with E-state index in [-0.39, 0.29) is 17.5 Å². The molecule has 1 saturated carbocycles. The van der Waals surface area contributed by atoms with Gasteiger partial charge in [0.2, 0.25) is 0 Å². The highest BCUT2D eigenvalue weighted by molar-refractivity contribution is 5.64. The maximum absolute atomic E-state index is 14.1. The lowest BCUT2D eigenvalue weighted by Crippen LogP contribution is -2.32. The molecule has 166 valence electrons. The topological polar surface area (TPSA) is 50.3 Å². The highest BCUT2D eigenvalue weighted by Gasteiger charge is 2.41. The average molecular weight is 431 g/mol. The number of nitrogens with zero attached hydrogens (tertiary/aromatic N) is 3. The van der Waals surface area contributed by atoms with Crippen LogP contribution in [0.4, 0.5) is 14.6 Å². The molecule has 0 spiro atoms. The summed E-state index contributed by atoms with van der Waals surface area (Å²) in [5.41, 5.74) is 1.18. The summed E-state index contributed by atoms with van der Waals surface area (Å²) in [5.74, 6) is 0.566. The van der Waals surface area contributed by atoms with Gasteiger partial charge in [0, 0.05) is 47.1 Å². The van der Waals surface area contributed by atoms with Crippen LogP contribution in [0.3, 0.4) is 0 Å². The molecule has 3 fully saturated rings. The second-order valence-corrected chi connectivity index (χ2v) is 9.14. The Bertz CT molecular complexity index is 1000. The van der Waals surface area contributed by atoms with Gasteiger partial charge in [0.1, 0.15) is 17.5 Å². The van der Waals surface area contributed by atoms with Crippen molar-refractivity contribution in [2.45, 2.75) is 38.6 Å². The second-order valence-electron chi connectivity index (χ2n) is 9.14. The lowest BCUT2D eigenvalue weighted by atomic mass is 10.00. The molecule has 3 aliphatic rings.